The number of phenolic OH excluding ortho intramolecular Hbond substituents is 1. The molecule has 4 unspecified atom stereocenters. The summed E-state index contributed by atoms with van der Waals surface area (Å²) in [4.78, 5) is 49.8. The van der Waals surface area contributed by atoms with Gasteiger partial charge in [-0.25, -0.2) is 4.79 Å². The number of amides is 3. The summed E-state index contributed by atoms with van der Waals surface area (Å²) < 4.78 is 0. The molecule has 11 heteroatoms. The molecule has 1 aliphatic heterocycles. The zero-order chi connectivity index (χ0) is 24.5. The molecule has 1 aliphatic rings. The minimum absolute atomic E-state index is 0.0765. The third kappa shape index (κ3) is 7.93. The molecule has 1 saturated heterocycles. The summed E-state index contributed by atoms with van der Waals surface area (Å²) in [7, 11) is 0. The van der Waals surface area contributed by atoms with Gasteiger partial charge in [-0.1, -0.05) is 26.0 Å². The van der Waals surface area contributed by atoms with E-state index in [0.717, 1.165) is 13.0 Å². The molecule has 3 amide bonds. The number of aliphatic carboxylic acids is 1. The molecule has 0 saturated carbocycles. The highest BCUT2D eigenvalue weighted by molar-refractivity contribution is 7.80. The first-order chi connectivity index (χ1) is 15.6. The van der Waals surface area contributed by atoms with Gasteiger partial charge >= 0.3 is 5.97 Å². The number of hydrogen-bond acceptors (Lipinski definition) is 7. The average Bonchev–Trinajstić information content (AvgIpc) is 3.31. The van der Waals surface area contributed by atoms with Gasteiger partial charge in [0.2, 0.25) is 17.7 Å². The quantitative estimate of drug-likeness (QED) is 0.216. The molecule has 0 bridgehead atoms. The first-order valence-electron chi connectivity index (χ1n) is 10.9. The van der Waals surface area contributed by atoms with E-state index in [4.69, 9.17) is 0 Å². The predicted octanol–water partition coefficient (Wildman–Crippen LogP) is -0.188. The standard InChI is InChI=1S/C22H32N4O6S/c1-12(2)18(21(30)25-17(11-33)22(31)32)26-20(29)16(10-13-5-7-14(27)8-6-13)24-19(28)15-4-3-9-23-15/h5-8,12,15-18,23,27,33H,3-4,9-11H2,1-2H3,(H,24,28)(H,25,30)(H,26,29)(H,31,32). The molecular formula is C22H32N4O6S. The summed E-state index contributed by atoms with van der Waals surface area (Å²) in [5.74, 6) is -3.12. The van der Waals surface area contributed by atoms with Gasteiger partial charge in [-0.05, 0) is 43.0 Å². The first kappa shape index (κ1) is 26.5. The monoisotopic (exact) mass is 480 g/mol. The van der Waals surface area contributed by atoms with E-state index in [1.165, 1.54) is 12.1 Å². The minimum atomic E-state index is -1.23. The Morgan fingerprint density at radius 3 is 2.24 bits per heavy atom. The fraction of sp³-hybridized carbons (Fsp3) is 0.545. The lowest BCUT2D eigenvalue weighted by Gasteiger charge is -2.27. The molecule has 182 valence electrons. The lowest BCUT2D eigenvalue weighted by atomic mass is 10.0. The molecule has 1 aromatic carbocycles. The number of hydrogen-bond donors (Lipinski definition) is 7. The largest absolute Gasteiger partial charge is 0.508 e. The van der Waals surface area contributed by atoms with Crippen molar-refractivity contribution in [2.24, 2.45) is 5.92 Å². The maximum atomic E-state index is 13.2. The number of thiol groups is 1. The van der Waals surface area contributed by atoms with Gasteiger partial charge in [-0.15, -0.1) is 0 Å². The average molecular weight is 481 g/mol. The lowest BCUT2D eigenvalue weighted by molar-refractivity contribution is -0.142. The Hall–Kier alpha value is -2.79. The molecule has 0 radical (unpaired) electrons. The van der Waals surface area contributed by atoms with Crippen LogP contribution < -0.4 is 21.3 Å². The van der Waals surface area contributed by atoms with Crippen molar-refractivity contribution in [1.29, 1.82) is 0 Å². The molecule has 1 aromatic rings. The van der Waals surface area contributed by atoms with Gasteiger partial charge in [0.1, 0.15) is 23.9 Å². The summed E-state index contributed by atoms with van der Waals surface area (Å²) >= 11 is 3.94. The van der Waals surface area contributed by atoms with Crippen LogP contribution in [0.15, 0.2) is 24.3 Å². The molecular weight excluding hydrogens is 448 g/mol. The van der Waals surface area contributed by atoms with Crippen molar-refractivity contribution in [3.63, 3.8) is 0 Å². The molecule has 6 N–H and O–H groups in total. The third-order valence-corrected chi connectivity index (χ3v) is 5.80. The Bertz CT molecular complexity index is 842. The second kappa shape index (κ2) is 12.4. The third-order valence-electron chi connectivity index (χ3n) is 5.43. The van der Waals surface area contributed by atoms with Crippen LogP contribution in [0, 0.1) is 5.92 Å². The number of carboxylic acid groups (broad SMARTS) is 1. The topological polar surface area (TPSA) is 157 Å². The highest BCUT2D eigenvalue weighted by Crippen LogP contribution is 2.13. The van der Waals surface area contributed by atoms with Crippen molar-refractivity contribution in [1.82, 2.24) is 21.3 Å². The lowest BCUT2D eigenvalue weighted by Crippen LogP contribution is -2.59. The summed E-state index contributed by atoms with van der Waals surface area (Å²) in [6.45, 7) is 4.16. The van der Waals surface area contributed by atoms with Crippen LogP contribution >= 0.6 is 12.6 Å². The number of phenols is 1. The zero-order valence-electron chi connectivity index (χ0n) is 18.7. The van der Waals surface area contributed by atoms with Gasteiger partial charge in [0, 0.05) is 12.2 Å². The fourth-order valence-corrected chi connectivity index (χ4v) is 3.74. The Labute approximate surface area is 198 Å². The van der Waals surface area contributed by atoms with E-state index in [1.54, 1.807) is 26.0 Å². The predicted molar refractivity (Wildman–Crippen MR) is 125 cm³/mol. The second-order valence-electron chi connectivity index (χ2n) is 8.39. The number of carbonyl (C=O) groups is 4. The van der Waals surface area contributed by atoms with Crippen LogP contribution in [0.25, 0.3) is 0 Å². The van der Waals surface area contributed by atoms with Gasteiger partial charge in [0.05, 0.1) is 6.04 Å². The highest BCUT2D eigenvalue weighted by Gasteiger charge is 2.32. The Balaban J connectivity index is 2.17. The Kier molecular flexibility index (Phi) is 9.98. The highest BCUT2D eigenvalue weighted by atomic mass is 32.1. The number of nitrogens with one attached hydrogen (secondary N) is 4. The molecule has 0 spiro atoms. The molecule has 4 atom stereocenters. The SMILES string of the molecule is CC(C)C(NC(=O)C(Cc1ccc(O)cc1)NC(=O)C1CCCN1)C(=O)NC(CS)C(=O)O. The van der Waals surface area contributed by atoms with Gasteiger partial charge in [0.25, 0.3) is 0 Å². The number of aromatic hydroxyl groups is 1. The number of carbonyl (C=O) groups excluding carboxylic acids is 3. The van der Waals surface area contributed by atoms with Crippen molar-refractivity contribution in [2.45, 2.75) is 57.3 Å². The van der Waals surface area contributed by atoms with Crippen LogP contribution in [0.5, 0.6) is 5.75 Å². The van der Waals surface area contributed by atoms with Crippen LogP contribution in [0.4, 0.5) is 0 Å². The smallest absolute Gasteiger partial charge is 0.327 e. The van der Waals surface area contributed by atoms with E-state index >= 15 is 0 Å². The van der Waals surface area contributed by atoms with E-state index in [9.17, 15) is 29.4 Å². The van der Waals surface area contributed by atoms with Crippen LogP contribution in [0.2, 0.25) is 0 Å². The van der Waals surface area contributed by atoms with Crippen molar-refractivity contribution < 1.29 is 29.4 Å². The fourth-order valence-electron chi connectivity index (χ4n) is 3.49. The van der Waals surface area contributed by atoms with Crippen LogP contribution in [0.1, 0.15) is 32.3 Å². The summed E-state index contributed by atoms with van der Waals surface area (Å²) in [5, 5.41) is 29.6. The van der Waals surface area contributed by atoms with Crippen LogP contribution in [0.3, 0.4) is 0 Å². The number of benzene rings is 1. The van der Waals surface area contributed by atoms with E-state index in [0.29, 0.717) is 12.0 Å². The molecule has 1 fully saturated rings. The van der Waals surface area contributed by atoms with Crippen LogP contribution in [-0.2, 0) is 25.6 Å². The number of carboxylic acids is 1. The molecule has 0 aromatic heterocycles. The molecule has 10 nitrogen and oxygen atoms in total. The van der Waals surface area contributed by atoms with E-state index < -0.39 is 42.0 Å². The maximum Gasteiger partial charge on any atom is 0.327 e. The van der Waals surface area contributed by atoms with Gasteiger partial charge in [0.15, 0.2) is 0 Å². The second-order valence-corrected chi connectivity index (χ2v) is 8.76. The summed E-state index contributed by atoms with van der Waals surface area (Å²) in [5.41, 5.74) is 0.708. The zero-order valence-corrected chi connectivity index (χ0v) is 19.6. The first-order valence-corrected chi connectivity index (χ1v) is 11.5. The molecule has 33 heavy (non-hydrogen) atoms. The van der Waals surface area contributed by atoms with Gasteiger partial charge in [-0.3, -0.25) is 14.4 Å². The summed E-state index contributed by atoms with van der Waals surface area (Å²) in [6, 6.07) is 2.69. The minimum Gasteiger partial charge on any atom is -0.508 e. The normalized spacial score (nSPS) is 18.2. The van der Waals surface area contributed by atoms with E-state index in [2.05, 4.69) is 33.9 Å². The van der Waals surface area contributed by atoms with Crippen molar-refractivity contribution in [3.05, 3.63) is 29.8 Å². The van der Waals surface area contributed by atoms with E-state index in [-0.39, 0.29) is 29.7 Å². The van der Waals surface area contributed by atoms with E-state index in [1.807, 2.05) is 0 Å². The van der Waals surface area contributed by atoms with Crippen molar-refractivity contribution in [2.75, 3.05) is 12.3 Å². The van der Waals surface area contributed by atoms with Gasteiger partial charge in [-0.2, -0.15) is 12.6 Å². The molecule has 2 rings (SSSR count). The molecule has 1 heterocycles. The summed E-state index contributed by atoms with van der Waals surface area (Å²) in [6.07, 6.45) is 1.67. The maximum absolute atomic E-state index is 13.2. The van der Waals surface area contributed by atoms with Gasteiger partial charge < -0.3 is 31.5 Å². The Morgan fingerprint density at radius 1 is 1.06 bits per heavy atom. The van der Waals surface area contributed by atoms with Crippen molar-refractivity contribution >= 4 is 36.3 Å². The number of rotatable bonds is 11. The Morgan fingerprint density at radius 2 is 1.73 bits per heavy atom. The van der Waals surface area contributed by atoms with Crippen molar-refractivity contribution in [3.8, 4) is 5.75 Å². The molecule has 0 aliphatic carbocycles. The van der Waals surface area contributed by atoms with Crippen LogP contribution in [-0.4, -0.2) is 70.4 Å².